The summed E-state index contributed by atoms with van der Waals surface area (Å²) < 4.78 is 6.71. The van der Waals surface area contributed by atoms with Gasteiger partial charge in [0, 0.05) is 26.7 Å². The summed E-state index contributed by atoms with van der Waals surface area (Å²) in [5, 5.41) is 3.82. The van der Waals surface area contributed by atoms with Gasteiger partial charge in [-0.3, -0.25) is 9.59 Å². The lowest BCUT2D eigenvalue weighted by molar-refractivity contribution is -0.142. The third-order valence-electron chi connectivity index (χ3n) is 4.38. The van der Waals surface area contributed by atoms with Crippen LogP contribution in [0, 0.1) is 9.49 Å². The van der Waals surface area contributed by atoms with Crippen molar-refractivity contribution in [2.24, 2.45) is 5.92 Å². The van der Waals surface area contributed by atoms with Crippen LogP contribution in [-0.2, 0) is 16.1 Å². The third-order valence-corrected chi connectivity index (χ3v) is 5.69. The van der Waals surface area contributed by atoms with E-state index >= 15 is 0 Å². The first-order chi connectivity index (χ1) is 14.2. The van der Waals surface area contributed by atoms with Crippen LogP contribution in [0.4, 0.5) is 0 Å². The Balaban J connectivity index is 2.16. The number of benzene rings is 2. The fourth-order valence-electron chi connectivity index (χ4n) is 2.63. The highest BCUT2D eigenvalue weighted by molar-refractivity contribution is 14.1. The molecule has 162 valence electrons. The Labute approximate surface area is 201 Å². The molecule has 0 spiro atoms. The molecule has 0 aliphatic carbocycles. The van der Waals surface area contributed by atoms with Crippen LogP contribution in [0.2, 0.25) is 10.0 Å². The minimum atomic E-state index is -0.691. The Morgan fingerprint density at radius 2 is 1.77 bits per heavy atom. The molecule has 0 aliphatic rings. The number of halogens is 3. The first-order valence-electron chi connectivity index (χ1n) is 9.57. The molecule has 0 bridgehead atoms. The van der Waals surface area contributed by atoms with Gasteiger partial charge in [0.1, 0.15) is 11.8 Å². The fraction of sp³-hybridized carbons (Fsp3) is 0.364. The van der Waals surface area contributed by atoms with E-state index in [9.17, 15) is 9.59 Å². The molecule has 0 saturated carbocycles. The van der Waals surface area contributed by atoms with Gasteiger partial charge >= 0.3 is 0 Å². The summed E-state index contributed by atoms with van der Waals surface area (Å²) in [7, 11) is 0. The van der Waals surface area contributed by atoms with E-state index in [1.165, 1.54) is 4.90 Å². The van der Waals surface area contributed by atoms with Crippen LogP contribution in [-0.4, -0.2) is 35.9 Å². The molecule has 0 aromatic heterocycles. The molecule has 2 amide bonds. The molecule has 0 fully saturated rings. The molecular weight excluding hydrogens is 538 g/mol. The fourth-order valence-corrected chi connectivity index (χ4v) is 3.46. The van der Waals surface area contributed by atoms with Crippen LogP contribution < -0.4 is 10.1 Å². The SMILES string of the molecule is CC(C)CNC(=O)[C@H](C)N(Cc1ccc(Cl)cc1Cl)C(=O)COc1ccc(I)cc1. The van der Waals surface area contributed by atoms with Gasteiger partial charge in [0.2, 0.25) is 5.91 Å². The van der Waals surface area contributed by atoms with E-state index in [1.807, 2.05) is 26.0 Å². The first-order valence-corrected chi connectivity index (χ1v) is 11.4. The van der Waals surface area contributed by atoms with Crippen molar-refractivity contribution in [1.82, 2.24) is 10.2 Å². The van der Waals surface area contributed by atoms with Crippen molar-refractivity contribution < 1.29 is 14.3 Å². The molecule has 0 unspecified atom stereocenters. The van der Waals surface area contributed by atoms with Crippen molar-refractivity contribution in [3.8, 4) is 5.75 Å². The van der Waals surface area contributed by atoms with E-state index in [0.717, 1.165) is 3.57 Å². The number of rotatable bonds is 9. The molecule has 1 atom stereocenters. The van der Waals surface area contributed by atoms with E-state index in [-0.39, 0.29) is 25.0 Å². The molecular formula is C22H25Cl2IN2O3. The summed E-state index contributed by atoms with van der Waals surface area (Å²) >= 11 is 14.5. The van der Waals surface area contributed by atoms with Crippen LogP contribution in [0.25, 0.3) is 0 Å². The maximum Gasteiger partial charge on any atom is 0.261 e. The molecule has 0 heterocycles. The average Bonchev–Trinajstić information content (AvgIpc) is 2.70. The Morgan fingerprint density at radius 1 is 1.10 bits per heavy atom. The molecule has 5 nitrogen and oxygen atoms in total. The van der Waals surface area contributed by atoms with Gasteiger partial charge in [-0.15, -0.1) is 0 Å². The third kappa shape index (κ3) is 7.63. The molecule has 0 radical (unpaired) electrons. The minimum Gasteiger partial charge on any atom is -0.484 e. The smallest absolute Gasteiger partial charge is 0.261 e. The zero-order chi connectivity index (χ0) is 22.3. The zero-order valence-corrected chi connectivity index (χ0v) is 20.8. The van der Waals surface area contributed by atoms with Crippen LogP contribution in [0.3, 0.4) is 0 Å². The number of carbonyl (C=O) groups is 2. The molecule has 2 aromatic rings. The van der Waals surface area contributed by atoms with Gasteiger partial charge in [-0.2, -0.15) is 0 Å². The van der Waals surface area contributed by atoms with E-state index in [1.54, 1.807) is 37.3 Å². The van der Waals surface area contributed by atoms with E-state index in [4.69, 9.17) is 27.9 Å². The number of ether oxygens (including phenoxy) is 1. The second-order valence-corrected chi connectivity index (χ2v) is 9.40. The zero-order valence-electron chi connectivity index (χ0n) is 17.1. The van der Waals surface area contributed by atoms with Crippen molar-refractivity contribution >= 4 is 57.6 Å². The highest BCUT2D eigenvalue weighted by atomic mass is 127. The quantitative estimate of drug-likeness (QED) is 0.429. The minimum absolute atomic E-state index is 0.168. The number of hydrogen-bond acceptors (Lipinski definition) is 3. The predicted molar refractivity (Wildman–Crippen MR) is 129 cm³/mol. The van der Waals surface area contributed by atoms with Gasteiger partial charge in [-0.25, -0.2) is 0 Å². The molecule has 2 aromatic carbocycles. The molecule has 8 heteroatoms. The Hall–Kier alpha value is -1.51. The summed E-state index contributed by atoms with van der Waals surface area (Å²) in [6, 6.07) is 11.8. The number of carbonyl (C=O) groups excluding carboxylic acids is 2. The molecule has 2 rings (SSSR count). The highest BCUT2D eigenvalue weighted by Gasteiger charge is 2.27. The van der Waals surface area contributed by atoms with Crippen molar-refractivity contribution in [2.45, 2.75) is 33.4 Å². The topological polar surface area (TPSA) is 58.6 Å². The number of hydrogen-bond donors (Lipinski definition) is 1. The Morgan fingerprint density at radius 3 is 2.37 bits per heavy atom. The first kappa shape index (κ1) is 24.8. The van der Waals surface area contributed by atoms with Crippen LogP contribution in [0.5, 0.6) is 5.75 Å². The van der Waals surface area contributed by atoms with Gasteiger partial charge in [0.05, 0.1) is 0 Å². The summed E-state index contributed by atoms with van der Waals surface area (Å²) in [5.41, 5.74) is 0.701. The number of nitrogens with zero attached hydrogens (tertiary/aromatic N) is 1. The standard InChI is InChI=1S/C22H25Cl2IN2O3/c1-14(2)11-26-22(29)15(3)27(12-16-4-5-17(23)10-20(16)24)21(28)13-30-19-8-6-18(25)7-9-19/h4-10,14-15H,11-13H2,1-3H3,(H,26,29)/t15-/m0/s1. The van der Waals surface area contributed by atoms with E-state index in [2.05, 4.69) is 27.9 Å². The van der Waals surface area contributed by atoms with Gasteiger partial charge in [-0.05, 0) is 77.4 Å². The maximum absolute atomic E-state index is 13.0. The van der Waals surface area contributed by atoms with Crippen molar-refractivity contribution in [2.75, 3.05) is 13.2 Å². The summed E-state index contributed by atoms with van der Waals surface area (Å²) in [4.78, 5) is 27.1. The van der Waals surface area contributed by atoms with Gasteiger partial charge in [0.25, 0.3) is 5.91 Å². The lowest BCUT2D eigenvalue weighted by atomic mass is 10.1. The largest absolute Gasteiger partial charge is 0.484 e. The van der Waals surface area contributed by atoms with Gasteiger partial charge < -0.3 is 15.0 Å². The molecule has 0 aliphatic heterocycles. The van der Waals surface area contributed by atoms with E-state index in [0.29, 0.717) is 33.8 Å². The monoisotopic (exact) mass is 562 g/mol. The summed E-state index contributed by atoms with van der Waals surface area (Å²) in [6.07, 6.45) is 0. The Kier molecular flexibility index (Phi) is 9.71. The van der Waals surface area contributed by atoms with Crippen LogP contribution >= 0.6 is 45.8 Å². The number of amides is 2. The van der Waals surface area contributed by atoms with Crippen LogP contribution in [0.1, 0.15) is 26.3 Å². The summed E-state index contributed by atoms with van der Waals surface area (Å²) in [5.74, 6) is 0.355. The lowest BCUT2D eigenvalue weighted by Gasteiger charge is -2.29. The number of nitrogens with one attached hydrogen (secondary N) is 1. The summed E-state index contributed by atoms with van der Waals surface area (Å²) in [6.45, 7) is 6.23. The molecule has 1 N–H and O–H groups in total. The van der Waals surface area contributed by atoms with Gasteiger partial charge in [-0.1, -0.05) is 43.1 Å². The molecule has 0 saturated heterocycles. The van der Waals surface area contributed by atoms with Crippen molar-refractivity contribution in [3.63, 3.8) is 0 Å². The highest BCUT2D eigenvalue weighted by Crippen LogP contribution is 2.23. The van der Waals surface area contributed by atoms with Crippen molar-refractivity contribution in [3.05, 3.63) is 61.6 Å². The maximum atomic E-state index is 13.0. The van der Waals surface area contributed by atoms with Crippen molar-refractivity contribution in [1.29, 1.82) is 0 Å². The van der Waals surface area contributed by atoms with Crippen LogP contribution in [0.15, 0.2) is 42.5 Å². The second kappa shape index (κ2) is 11.8. The lowest BCUT2D eigenvalue weighted by Crippen LogP contribution is -2.49. The Bertz CT molecular complexity index is 875. The van der Waals surface area contributed by atoms with Gasteiger partial charge in [0.15, 0.2) is 6.61 Å². The van der Waals surface area contributed by atoms with E-state index < -0.39 is 6.04 Å². The predicted octanol–water partition coefficient (Wildman–Crippen LogP) is 5.17. The average molecular weight is 563 g/mol. The molecule has 30 heavy (non-hydrogen) atoms. The normalized spacial score (nSPS) is 11.8. The second-order valence-electron chi connectivity index (χ2n) is 7.31.